The third kappa shape index (κ3) is 7.34. The number of nitrogens with one attached hydrogen (secondary N) is 1. The van der Waals surface area contributed by atoms with Gasteiger partial charge in [-0.1, -0.05) is 26.2 Å². The highest BCUT2D eigenvalue weighted by molar-refractivity contribution is 5.78. The number of ether oxygens (including phenoxy) is 2. The van der Waals surface area contributed by atoms with Crippen LogP contribution in [0.4, 0.5) is 0 Å². The molecule has 23 heavy (non-hydrogen) atoms. The molecule has 0 aromatic rings. The fraction of sp³-hybridized carbons (Fsp3) is 0.889. The van der Waals surface area contributed by atoms with Gasteiger partial charge in [0, 0.05) is 6.54 Å². The predicted octanol–water partition coefficient (Wildman–Crippen LogP) is 2.96. The van der Waals surface area contributed by atoms with E-state index in [-0.39, 0.29) is 37.1 Å². The molecule has 0 aromatic carbocycles. The lowest BCUT2D eigenvalue weighted by atomic mass is 9.89. The molecular weight excluding hydrogens is 294 g/mol. The Morgan fingerprint density at radius 3 is 2.48 bits per heavy atom. The second-order valence-electron chi connectivity index (χ2n) is 7.05. The van der Waals surface area contributed by atoms with Crippen LogP contribution in [0, 0.1) is 5.92 Å². The zero-order chi connectivity index (χ0) is 16.5. The van der Waals surface area contributed by atoms with Gasteiger partial charge in [-0.25, -0.2) is 0 Å². The SMILES string of the molecule is C[C@@H]1CCC[C@@H](OCC(=O)NCCC(=O)OC2CCCCC2)C1. The average Bonchev–Trinajstić information content (AvgIpc) is 2.54. The minimum Gasteiger partial charge on any atom is -0.462 e. The van der Waals surface area contributed by atoms with Crippen LogP contribution in [-0.4, -0.2) is 37.2 Å². The monoisotopic (exact) mass is 325 g/mol. The summed E-state index contributed by atoms with van der Waals surface area (Å²) in [6.45, 7) is 2.65. The first kappa shape index (κ1) is 18.2. The molecule has 2 fully saturated rings. The van der Waals surface area contributed by atoms with E-state index in [1.54, 1.807) is 0 Å². The first-order valence-electron chi connectivity index (χ1n) is 9.21. The Morgan fingerprint density at radius 1 is 1.00 bits per heavy atom. The van der Waals surface area contributed by atoms with Crippen LogP contribution in [0.25, 0.3) is 0 Å². The minimum atomic E-state index is -0.209. The molecule has 0 spiro atoms. The van der Waals surface area contributed by atoms with E-state index in [2.05, 4.69) is 12.2 Å². The molecule has 0 saturated heterocycles. The number of carbonyl (C=O) groups excluding carboxylic acids is 2. The summed E-state index contributed by atoms with van der Waals surface area (Å²) in [6, 6.07) is 0. The Kier molecular flexibility index (Phi) is 7.86. The fourth-order valence-electron chi connectivity index (χ4n) is 3.51. The van der Waals surface area contributed by atoms with Crippen molar-refractivity contribution < 1.29 is 19.1 Å². The van der Waals surface area contributed by atoms with Crippen LogP contribution in [0.3, 0.4) is 0 Å². The summed E-state index contributed by atoms with van der Waals surface area (Å²) in [5.41, 5.74) is 0. The molecule has 0 bridgehead atoms. The highest BCUT2D eigenvalue weighted by Crippen LogP contribution is 2.25. The van der Waals surface area contributed by atoms with E-state index >= 15 is 0 Å². The lowest BCUT2D eigenvalue weighted by molar-refractivity contribution is -0.150. The maximum absolute atomic E-state index is 11.8. The third-order valence-corrected chi connectivity index (χ3v) is 4.84. The molecule has 0 heterocycles. The van der Waals surface area contributed by atoms with Gasteiger partial charge >= 0.3 is 5.97 Å². The highest BCUT2D eigenvalue weighted by Gasteiger charge is 2.20. The van der Waals surface area contributed by atoms with E-state index in [1.165, 1.54) is 19.3 Å². The zero-order valence-corrected chi connectivity index (χ0v) is 14.4. The number of amides is 1. The first-order valence-corrected chi connectivity index (χ1v) is 9.21. The van der Waals surface area contributed by atoms with Crippen molar-refractivity contribution >= 4 is 11.9 Å². The Labute approximate surface area is 139 Å². The largest absolute Gasteiger partial charge is 0.462 e. The Bertz CT molecular complexity index is 379. The molecule has 1 amide bonds. The number of rotatable bonds is 7. The predicted molar refractivity (Wildman–Crippen MR) is 88.0 cm³/mol. The zero-order valence-electron chi connectivity index (χ0n) is 14.4. The van der Waals surface area contributed by atoms with Gasteiger partial charge in [-0.05, 0) is 44.4 Å². The van der Waals surface area contributed by atoms with Crippen molar-refractivity contribution in [2.45, 2.75) is 83.3 Å². The van der Waals surface area contributed by atoms with Gasteiger partial charge in [0.1, 0.15) is 12.7 Å². The van der Waals surface area contributed by atoms with Crippen molar-refractivity contribution in [1.29, 1.82) is 0 Å². The van der Waals surface area contributed by atoms with Gasteiger partial charge in [0.2, 0.25) is 5.91 Å². The third-order valence-electron chi connectivity index (χ3n) is 4.84. The van der Waals surface area contributed by atoms with E-state index < -0.39 is 0 Å². The van der Waals surface area contributed by atoms with E-state index in [1.807, 2.05) is 0 Å². The number of esters is 1. The van der Waals surface area contributed by atoms with Gasteiger partial charge in [0.15, 0.2) is 0 Å². The van der Waals surface area contributed by atoms with Crippen molar-refractivity contribution in [3.8, 4) is 0 Å². The molecule has 2 aliphatic rings. The summed E-state index contributed by atoms with van der Waals surface area (Å²) >= 11 is 0. The van der Waals surface area contributed by atoms with Crippen molar-refractivity contribution in [2.75, 3.05) is 13.2 Å². The van der Waals surface area contributed by atoms with E-state index in [9.17, 15) is 9.59 Å². The molecule has 0 unspecified atom stereocenters. The molecular formula is C18H31NO4. The molecule has 5 heteroatoms. The van der Waals surface area contributed by atoms with Crippen molar-refractivity contribution in [2.24, 2.45) is 5.92 Å². The summed E-state index contributed by atoms with van der Waals surface area (Å²) in [4.78, 5) is 23.5. The normalized spacial score (nSPS) is 25.8. The standard InChI is InChI=1S/C18H31NO4/c1-14-6-5-9-16(12-14)22-13-17(20)19-11-10-18(21)23-15-7-3-2-4-8-15/h14-16H,2-13H2,1H3,(H,19,20)/t14-,16-/m1/s1. The van der Waals surface area contributed by atoms with Crippen molar-refractivity contribution in [3.63, 3.8) is 0 Å². The maximum Gasteiger partial charge on any atom is 0.307 e. The minimum absolute atomic E-state index is 0.0866. The van der Waals surface area contributed by atoms with Crippen LogP contribution in [-0.2, 0) is 19.1 Å². The lowest BCUT2D eigenvalue weighted by Gasteiger charge is -2.26. The Hall–Kier alpha value is -1.10. The summed E-state index contributed by atoms with van der Waals surface area (Å²) in [6.07, 6.45) is 10.5. The first-order chi connectivity index (χ1) is 11.1. The van der Waals surface area contributed by atoms with Gasteiger partial charge in [0.05, 0.1) is 12.5 Å². The smallest absolute Gasteiger partial charge is 0.307 e. The summed E-state index contributed by atoms with van der Waals surface area (Å²) in [5, 5.41) is 2.74. The van der Waals surface area contributed by atoms with Crippen LogP contribution in [0.1, 0.15) is 71.1 Å². The molecule has 0 aliphatic heterocycles. The molecule has 2 atom stereocenters. The molecule has 0 radical (unpaired) electrons. The second kappa shape index (κ2) is 9.91. The van der Waals surface area contributed by atoms with Crippen molar-refractivity contribution in [1.82, 2.24) is 5.32 Å². The van der Waals surface area contributed by atoms with E-state index in [0.29, 0.717) is 12.5 Å². The van der Waals surface area contributed by atoms with Gasteiger partial charge in [-0.2, -0.15) is 0 Å². The second-order valence-corrected chi connectivity index (χ2v) is 7.05. The van der Waals surface area contributed by atoms with Crippen LogP contribution in [0.5, 0.6) is 0 Å². The molecule has 5 nitrogen and oxygen atoms in total. The molecule has 1 N–H and O–H groups in total. The van der Waals surface area contributed by atoms with Crippen LogP contribution in [0.15, 0.2) is 0 Å². The Morgan fingerprint density at radius 2 is 1.74 bits per heavy atom. The molecule has 0 aromatic heterocycles. The summed E-state index contributed by atoms with van der Waals surface area (Å²) in [7, 11) is 0. The summed E-state index contributed by atoms with van der Waals surface area (Å²) < 4.78 is 11.1. The maximum atomic E-state index is 11.8. The van der Waals surface area contributed by atoms with E-state index in [4.69, 9.17) is 9.47 Å². The fourth-order valence-corrected chi connectivity index (χ4v) is 3.51. The lowest BCUT2D eigenvalue weighted by Crippen LogP contribution is -2.33. The number of hydrogen-bond acceptors (Lipinski definition) is 4. The topological polar surface area (TPSA) is 64.6 Å². The van der Waals surface area contributed by atoms with Crippen LogP contribution >= 0.6 is 0 Å². The molecule has 132 valence electrons. The average molecular weight is 325 g/mol. The quantitative estimate of drug-likeness (QED) is 0.731. The number of carbonyl (C=O) groups is 2. The van der Waals surface area contributed by atoms with Gasteiger partial charge < -0.3 is 14.8 Å². The van der Waals surface area contributed by atoms with Gasteiger partial charge in [-0.3, -0.25) is 9.59 Å². The number of hydrogen-bond donors (Lipinski definition) is 1. The van der Waals surface area contributed by atoms with Crippen LogP contribution in [0.2, 0.25) is 0 Å². The highest BCUT2D eigenvalue weighted by atomic mass is 16.5. The van der Waals surface area contributed by atoms with Gasteiger partial charge in [-0.15, -0.1) is 0 Å². The van der Waals surface area contributed by atoms with Crippen LogP contribution < -0.4 is 5.32 Å². The molecule has 2 saturated carbocycles. The van der Waals surface area contributed by atoms with Gasteiger partial charge in [0.25, 0.3) is 0 Å². The Balaban J connectivity index is 1.51. The molecule has 2 rings (SSSR count). The molecule has 2 aliphatic carbocycles. The van der Waals surface area contributed by atoms with Crippen molar-refractivity contribution in [3.05, 3.63) is 0 Å². The summed E-state index contributed by atoms with van der Waals surface area (Å²) in [5.74, 6) is 0.333. The van der Waals surface area contributed by atoms with E-state index in [0.717, 1.165) is 38.5 Å².